The molecule has 0 aromatic heterocycles. The molecule has 20 heavy (non-hydrogen) atoms. The maximum Gasteiger partial charge on any atom is 0.303 e. The quantitative estimate of drug-likeness (QED) is 0.766. The number of carboxylic acids is 1. The van der Waals surface area contributed by atoms with Crippen LogP contribution in [0.5, 0.6) is 11.5 Å². The van der Waals surface area contributed by atoms with E-state index >= 15 is 0 Å². The Morgan fingerprint density at radius 3 is 2.45 bits per heavy atom. The molecule has 5 nitrogen and oxygen atoms in total. The van der Waals surface area contributed by atoms with Gasteiger partial charge in [0.05, 0.1) is 14.2 Å². The van der Waals surface area contributed by atoms with Gasteiger partial charge in [0.25, 0.3) is 0 Å². The van der Waals surface area contributed by atoms with Gasteiger partial charge in [-0.05, 0) is 38.0 Å². The second-order valence-electron chi connectivity index (χ2n) is 4.84. The summed E-state index contributed by atoms with van der Waals surface area (Å²) in [7, 11) is 3.21. The Morgan fingerprint density at radius 2 is 1.90 bits per heavy atom. The van der Waals surface area contributed by atoms with Crippen LogP contribution in [0.15, 0.2) is 18.2 Å². The van der Waals surface area contributed by atoms with E-state index in [-0.39, 0.29) is 18.5 Å². The Kier molecular flexibility index (Phi) is 6.31. The lowest BCUT2D eigenvalue weighted by Crippen LogP contribution is -2.29. The van der Waals surface area contributed by atoms with Crippen molar-refractivity contribution in [3.63, 3.8) is 0 Å². The third-order valence-electron chi connectivity index (χ3n) is 3.23. The van der Waals surface area contributed by atoms with Crippen molar-refractivity contribution in [2.24, 2.45) is 0 Å². The Labute approximate surface area is 119 Å². The predicted octanol–water partition coefficient (Wildman–Crippen LogP) is 2.61. The second kappa shape index (κ2) is 7.75. The van der Waals surface area contributed by atoms with Crippen LogP contribution in [0.4, 0.5) is 0 Å². The van der Waals surface area contributed by atoms with Gasteiger partial charge in [-0.3, -0.25) is 4.79 Å². The molecule has 0 saturated carbocycles. The summed E-state index contributed by atoms with van der Waals surface area (Å²) >= 11 is 0. The zero-order valence-corrected chi connectivity index (χ0v) is 12.5. The van der Waals surface area contributed by atoms with E-state index in [0.29, 0.717) is 17.9 Å². The standard InChI is InChI=1S/C15H23NO4/c1-10(5-8-15(17)18)16-11(2)12-6-7-13(19-3)14(9-12)20-4/h6-7,9-11,16H,5,8H2,1-4H3,(H,17,18). The normalized spacial score (nSPS) is 13.6. The Hall–Kier alpha value is -1.75. The third kappa shape index (κ3) is 4.74. The molecule has 0 bridgehead atoms. The molecule has 0 amide bonds. The van der Waals surface area contributed by atoms with Crippen LogP contribution in [0.3, 0.4) is 0 Å². The van der Waals surface area contributed by atoms with E-state index < -0.39 is 5.97 Å². The first kappa shape index (κ1) is 16.3. The van der Waals surface area contributed by atoms with E-state index in [4.69, 9.17) is 14.6 Å². The summed E-state index contributed by atoms with van der Waals surface area (Å²) in [6.07, 6.45) is 0.778. The first-order valence-electron chi connectivity index (χ1n) is 6.67. The molecule has 1 rings (SSSR count). The van der Waals surface area contributed by atoms with E-state index in [1.54, 1.807) is 14.2 Å². The topological polar surface area (TPSA) is 67.8 Å². The van der Waals surface area contributed by atoms with Crippen LogP contribution in [-0.4, -0.2) is 31.3 Å². The van der Waals surface area contributed by atoms with Crippen LogP contribution in [0, 0.1) is 0 Å². The zero-order valence-electron chi connectivity index (χ0n) is 12.5. The van der Waals surface area contributed by atoms with Gasteiger partial charge in [-0.2, -0.15) is 0 Å². The molecule has 0 fully saturated rings. The van der Waals surface area contributed by atoms with E-state index in [1.807, 2.05) is 32.0 Å². The van der Waals surface area contributed by atoms with Crippen LogP contribution in [-0.2, 0) is 4.79 Å². The predicted molar refractivity (Wildman–Crippen MR) is 77.4 cm³/mol. The number of carbonyl (C=O) groups is 1. The van der Waals surface area contributed by atoms with E-state index in [1.165, 1.54) is 0 Å². The molecular formula is C15H23NO4. The molecule has 1 aromatic rings. The number of hydrogen-bond donors (Lipinski definition) is 2. The molecule has 0 aliphatic carbocycles. The van der Waals surface area contributed by atoms with Crippen molar-refractivity contribution in [3.8, 4) is 11.5 Å². The van der Waals surface area contributed by atoms with Gasteiger partial charge in [0.2, 0.25) is 0 Å². The highest BCUT2D eigenvalue weighted by Crippen LogP contribution is 2.30. The zero-order chi connectivity index (χ0) is 15.1. The first-order chi connectivity index (χ1) is 9.47. The Morgan fingerprint density at radius 1 is 1.25 bits per heavy atom. The Balaban J connectivity index is 2.67. The van der Waals surface area contributed by atoms with Crippen LogP contribution >= 0.6 is 0 Å². The molecule has 1 aromatic carbocycles. The van der Waals surface area contributed by atoms with Crippen molar-refractivity contribution in [2.75, 3.05) is 14.2 Å². The van der Waals surface area contributed by atoms with Crippen molar-refractivity contribution >= 4 is 5.97 Å². The van der Waals surface area contributed by atoms with Gasteiger partial charge >= 0.3 is 5.97 Å². The molecule has 0 saturated heterocycles. The van der Waals surface area contributed by atoms with Crippen molar-refractivity contribution < 1.29 is 19.4 Å². The van der Waals surface area contributed by atoms with Gasteiger partial charge in [0, 0.05) is 18.5 Å². The molecule has 0 aliphatic rings. The van der Waals surface area contributed by atoms with Gasteiger partial charge in [-0.1, -0.05) is 6.07 Å². The van der Waals surface area contributed by atoms with Crippen LogP contribution in [0.2, 0.25) is 0 Å². The molecule has 112 valence electrons. The number of benzene rings is 1. The van der Waals surface area contributed by atoms with Crippen molar-refractivity contribution in [3.05, 3.63) is 23.8 Å². The van der Waals surface area contributed by atoms with E-state index in [2.05, 4.69) is 5.32 Å². The summed E-state index contributed by atoms with van der Waals surface area (Å²) in [5.74, 6) is 0.622. The summed E-state index contributed by atoms with van der Waals surface area (Å²) in [6, 6.07) is 6.02. The number of aliphatic carboxylic acids is 1. The third-order valence-corrected chi connectivity index (χ3v) is 3.23. The van der Waals surface area contributed by atoms with Gasteiger partial charge < -0.3 is 19.9 Å². The minimum atomic E-state index is -0.766. The number of nitrogens with one attached hydrogen (secondary N) is 1. The summed E-state index contributed by atoms with van der Waals surface area (Å²) in [6.45, 7) is 4.03. The molecule has 5 heteroatoms. The van der Waals surface area contributed by atoms with Crippen LogP contribution in [0.1, 0.15) is 38.3 Å². The van der Waals surface area contributed by atoms with Crippen LogP contribution in [0.25, 0.3) is 0 Å². The largest absolute Gasteiger partial charge is 0.493 e. The average molecular weight is 281 g/mol. The number of rotatable bonds is 8. The molecule has 0 aliphatic heterocycles. The number of carboxylic acid groups (broad SMARTS) is 1. The molecule has 2 unspecified atom stereocenters. The molecule has 0 heterocycles. The van der Waals surface area contributed by atoms with Gasteiger partial charge in [-0.15, -0.1) is 0 Å². The summed E-state index contributed by atoms with van der Waals surface area (Å²) in [5, 5.41) is 12.1. The minimum Gasteiger partial charge on any atom is -0.493 e. The van der Waals surface area contributed by atoms with Crippen molar-refractivity contribution in [1.82, 2.24) is 5.32 Å². The molecule has 2 N–H and O–H groups in total. The van der Waals surface area contributed by atoms with Crippen LogP contribution < -0.4 is 14.8 Å². The number of ether oxygens (including phenoxy) is 2. The maximum absolute atomic E-state index is 10.6. The minimum absolute atomic E-state index is 0.110. The lowest BCUT2D eigenvalue weighted by molar-refractivity contribution is -0.137. The maximum atomic E-state index is 10.6. The Bertz CT molecular complexity index is 447. The second-order valence-corrected chi connectivity index (χ2v) is 4.84. The highest BCUT2D eigenvalue weighted by molar-refractivity contribution is 5.66. The fraction of sp³-hybridized carbons (Fsp3) is 0.533. The number of methoxy groups -OCH3 is 2. The summed E-state index contributed by atoms with van der Waals surface area (Å²) < 4.78 is 10.5. The monoisotopic (exact) mass is 281 g/mol. The van der Waals surface area contributed by atoms with Gasteiger partial charge in [0.1, 0.15) is 0 Å². The smallest absolute Gasteiger partial charge is 0.303 e. The molecule has 2 atom stereocenters. The summed E-state index contributed by atoms with van der Waals surface area (Å²) in [5.41, 5.74) is 1.07. The fourth-order valence-corrected chi connectivity index (χ4v) is 2.07. The fourth-order valence-electron chi connectivity index (χ4n) is 2.07. The lowest BCUT2D eigenvalue weighted by atomic mass is 10.1. The molecule has 0 spiro atoms. The van der Waals surface area contributed by atoms with Gasteiger partial charge in [-0.25, -0.2) is 0 Å². The van der Waals surface area contributed by atoms with Crippen molar-refractivity contribution in [2.45, 2.75) is 38.8 Å². The highest BCUT2D eigenvalue weighted by atomic mass is 16.5. The SMILES string of the molecule is COc1ccc(C(C)NC(C)CCC(=O)O)cc1OC. The molecule has 0 radical (unpaired) electrons. The molecular weight excluding hydrogens is 258 g/mol. The lowest BCUT2D eigenvalue weighted by Gasteiger charge is -2.21. The van der Waals surface area contributed by atoms with Crippen molar-refractivity contribution in [1.29, 1.82) is 0 Å². The van der Waals surface area contributed by atoms with E-state index in [9.17, 15) is 4.79 Å². The van der Waals surface area contributed by atoms with Gasteiger partial charge in [0.15, 0.2) is 11.5 Å². The average Bonchev–Trinajstić information content (AvgIpc) is 2.44. The highest BCUT2D eigenvalue weighted by Gasteiger charge is 2.13. The van der Waals surface area contributed by atoms with E-state index in [0.717, 1.165) is 5.56 Å². The summed E-state index contributed by atoms with van der Waals surface area (Å²) in [4.78, 5) is 10.6. The number of hydrogen-bond acceptors (Lipinski definition) is 4. The first-order valence-corrected chi connectivity index (χ1v) is 6.67.